The number of carboxylic acid groups (broad SMARTS) is 1. The molecule has 2 aliphatic heterocycles. The van der Waals surface area contributed by atoms with Crippen molar-refractivity contribution in [1.29, 1.82) is 0 Å². The summed E-state index contributed by atoms with van der Waals surface area (Å²) in [5.41, 5.74) is 5.92. The van der Waals surface area contributed by atoms with E-state index in [-0.39, 0.29) is 0 Å². The number of aromatic amines is 2. The zero-order valence-electron chi connectivity index (χ0n) is 26.0. The predicted molar refractivity (Wildman–Crippen MR) is 179 cm³/mol. The molecule has 0 radical (unpaired) electrons. The first-order chi connectivity index (χ1) is 21.6. The summed E-state index contributed by atoms with van der Waals surface area (Å²) in [4.78, 5) is 21.3. The van der Waals surface area contributed by atoms with Gasteiger partial charge in [-0.25, -0.2) is 13.6 Å². The molecule has 0 saturated carbocycles. The van der Waals surface area contributed by atoms with E-state index in [1.54, 1.807) is 30.3 Å². The summed E-state index contributed by atoms with van der Waals surface area (Å²) >= 11 is 6.30. The first-order valence-corrected chi connectivity index (χ1v) is 15.9. The summed E-state index contributed by atoms with van der Waals surface area (Å²) in [5.74, 6) is -1.32. The third kappa shape index (κ3) is 7.93. The Morgan fingerprint density at radius 3 is 1.89 bits per heavy atom. The Labute approximate surface area is 268 Å². The third-order valence-corrected chi connectivity index (χ3v) is 9.31. The molecule has 2 saturated heterocycles. The second kappa shape index (κ2) is 14.6. The summed E-state index contributed by atoms with van der Waals surface area (Å²) in [7, 11) is 4.31. The number of carbonyl (C=O) groups is 1. The van der Waals surface area contributed by atoms with Crippen LogP contribution in [0, 0.1) is 18.6 Å². The Morgan fingerprint density at radius 2 is 1.33 bits per heavy atom. The van der Waals surface area contributed by atoms with Crippen LogP contribution in [0.5, 0.6) is 0 Å². The van der Waals surface area contributed by atoms with Crippen LogP contribution in [-0.4, -0.2) is 71.1 Å². The van der Waals surface area contributed by atoms with Crippen molar-refractivity contribution in [3.63, 3.8) is 0 Å². The molecule has 2 fully saturated rings. The highest BCUT2D eigenvalue weighted by Crippen LogP contribution is 2.36. The molecule has 0 bridgehead atoms. The Morgan fingerprint density at radius 1 is 0.800 bits per heavy atom. The molecule has 0 amide bonds. The number of nitrogens with zero attached hydrogens (tertiary/aromatic N) is 2. The maximum absolute atomic E-state index is 13.3. The van der Waals surface area contributed by atoms with Crippen LogP contribution < -0.4 is 0 Å². The lowest BCUT2D eigenvalue weighted by Crippen LogP contribution is -2.29. The van der Waals surface area contributed by atoms with Crippen molar-refractivity contribution in [3.05, 3.63) is 106 Å². The van der Waals surface area contributed by atoms with Gasteiger partial charge in [0.2, 0.25) is 0 Å². The molecule has 6 nitrogen and oxygen atoms in total. The van der Waals surface area contributed by atoms with Crippen LogP contribution in [0.3, 0.4) is 0 Å². The Hall–Kier alpha value is -3.72. The van der Waals surface area contributed by atoms with Gasteiger partial charge in [0.25, 0.3) is 0 Å². The number of halogens is 3. The van der Waals surface area contributed by atoms with E-state index < -0.39 is 17.6 Å². The molecule has 7 rings (SSSR count). The minimum Gasteiger partial charge on any atom is -0.478 e. The van der Waals surface area contributed by atoms with Crippen LogP contribution in [0.15, 0.2) is 67.0 Å². The molecule has 5 aromatic rings. The van der Waals surface area contributed by atoms with E-state index in [4.69, 9.17) is 16.7 Å². The van der Waals surface area contributed by atoms with Crippen molar-refractivity contribution >= 4 is 39.4 Å². The lowest BCUT2D eigenvalue weighted by molar-refractivity contribution is 0.0697. The summed E-state index contributed by atoms with van der Waals surface area (Å²) in [6.45, 7) is 6.60. The number of likely N-dealkylation sites (tertiary alicyclic amines) is 2. The Kier molecular flexibility index (Phi) is 10.6. The number of rotatable bonds is 3. The van der Waals surface area contributed by atoms with Crippen molar-refractivity contribution in [2.45, 2.75) is 44.4 Å². The Bertz CT molecular complexity index is 1740. The van der Waals surface area contributed by atoms with Crippen LogP contribution in [0.25, 0.3) is 21.8 Å². The lowest BCUT2D eigenvalue weighted by atomic mass is 9.89. The lowest BCUT2D eigenvalue weighted by Gasteiger charge is -2.28. The largest absolute Gasteiger partial charge is 0.478 e. The summed E-state index contributed by atoms with van der Waals surface area (Å²) in [6, 6.07) is 15.1. The molecule has 3 N–H and O–H groups in total. The average molecular weight is 635 g/mol. The maximum Gasteiger partial charge on any atom is 0.335 e. The molecule has 45 heavy (non-hydrogen) atoms. The van der Waals surface area contributed by atoms with Gasteiger partial charge in [0.15, 0.2) is 11.6 Å². The van der Waals surface area contributed by atoms with E-state index in [0.717, 1.165) is 47.4 Å². The van der Waals surface area contributed by atoms with E-state index in [9.17, 15) is 13.6 Å². The van der Waals surface area contributed by atoms with Crippen LogP contribution in [-0.2, 0) is 0 Å². The van der Waals surface area contributed by atoms with Crippen molar-refractivity contribution in [1.82, 2.24) is 19.8 Å². The van der Waals surface area contributed by atoms with Gasteiger partial charge in [0, 0.05) is 34.7 Å². The molecule has 0 atom stereocenters. The van der Waals surface area contributed by atoms with Crippen LogP contribution >= 0.6 is 11.6 Å². The predicted octanol–water partition coefficient (Wildman–Crippen LogP) is 8.58. The molecule has 238 valence electrons. The molecular weight excluding hydrogens is 594 g/mol. The fourth-order valence-corrected chi connectivity index (χ4v) is 6.71. The monoisotopic (exact) mass is 634 g/mol. The molecule has 2 aromatic heterocycles. The second-order valence-corrected chi connectivity index (χ2v) is 12.7. The molecule has 9 heteroatoms. The fourth-order valence-electron chi connectivity index (χ4n) is 6.38. The van der Waals surface area contributed by atoms with Gasteiger partial charge < -0.3 is 24.9 Å². The molecule has 2 aliphatic rings. The number of aromatic nitrogens is 2. The van der Waals surface area contributed by atoms with Gasteiger partial charge in [-0.3, -0.25) is 0 Å². The Balaban J connectivity index is 0.000000141. The van der Waals surface area contributed by atoms with Crippen molar-refractivity contribution < 1.29 is 18.7 Å². The number of benzene rings is 3. The van der Waals surface area contributed by atoms with Gasteiger partial charge in [-0.1, -0.05) is 29.8 Å². The summed E-state index contributed by atoms with van der Waals surface area (Å²) < 4.78 is 26.5. The first kappa shape index (κ1) is 32.7. The standard InChI is InChI=1S/C15H19ClN2.C14H16F2N2.C7H6O2/c1-10-7-12-13(9-17-15(12)14(16)8-10)11-3-5-18(2)6-4-11;1-18-4-2-9(3-5-18)11-8-17-14-7-13(16)12(15)6-10(11)14;8-7(9)6-4-2-1-3-5-6/h7-9,11,17H,3-6H2,1-2H3;6-9,17H,2-5H2,1H3;1-5H,(H,8,9). The molecular formula is C36H41ClF2N4O2. The van der Waals surface area contributed by atoms with Crippen LogP contribution in [0.1, 0.15) is 64.6 Å². The molecule has 0 unspecified atom stereocenters. The van der Waals surface area contributed by atoms with Crippen molar-refractivity contribution in [3.8, 4) is 0 Å². The number of hydrogen-bond acceptors (Lipinski definition) is 3. The number of nitrogens with one attached hydrogen (secondary N) is 2. The van der Waals surface area contributed by atoms with Gasteiger partial charge in [-0.2, -0.15) is 0 Å². The second-order valence-electron chi connectivity index (χ2n) is 12.3. The van der Waals surface area contributed by atoms with Gasteiger partial charge >= 0.3 is 5.97 Å². The van der Waals surface area contributed by atoms with E-state index >= 15 is 0 Å². The van der Waals surface area contributed by atoms with E-state index in [1.807, 2.05) is 12.3 Å². The van der Waals surface area contributed by atoms with E-state index in [0.29, 0.717) is 22.9 Å². The number of hydrogen-bond donors (Lipinski definition) is 3. The number of piperidine rings is 2. The number of aromatic carboxylic acids is 1. The highest BCUT2D eigenvalue weighted by molar-refractivity contribution is 6.35. The molecule has 0 aliphatic carbocycles. The zero-order chi connectivity index (χ0) is 32.1. The quantitative estimate of drug-likeness (QED) is 0.186. The van der Waals surface area contributed by atoms with Gasteiger partial charge in [0.1, 0.15) is 0 Å². The first-order valence-electron chi connectivity index (χ1n) is 15.5. The highest BCUT2D eigenvalue weighted by Gasteiger charge is 2.23. The summed E-state index contributed by atoms with van der Waals surface area (Å²) in [6.07, 6.45) is 8.69. The van der Waals surface area contributed by atoms with Gasteiger partial charge in [-0.05, 0) is 132 Å². The topological polar surface area (TPSA) is 75.4 Å². The van der Waals surface area contributed by atoms with E-state index in [1.165, 1.54) is 54.6 Å². The fraction of sp³-hybridized carbons (Fsp3) is 0.361. The minimum absolute atomic E-state index is 0.331. The van der Waals surface area contributed by atoms with Gasteiger partial charge in [0.05, 0.1) is 16.1 Å². The smallest absolute Gasteiger partial charge is 0.335 e. The van der Waals surface area contributed by atoms with Crippen LogP contribution in [0.2, 0.25) is 5.02 Å². The van der Waals surface area contributed by atoms with E-state index in [2.05, 4.69) is 53.1 Å². The number of fused-ring (bicyclic) bond motifs is 2. The minimum atomic E-state index is -0.879. The maximum atomic E-state index is 13.3. The number of aryl methyl sites for hydroxylation is 1. The average Bonchev–Trinajstić information content (AvgIpc) is 3.64. The molecule has 4 heterocycles. The normalized spacial score (nSPS) is 16.7. The van der Waals surface area contributed by atoms with Gasteiger partial charge in [-0.15, -0.1) is 0 Å². The van der Waals surface area contributed by atoms with Crippen molar-refractivity contribution in [2.24, 2.45) is 0 Å². The van der Waals surface area contributed by atoms with Crippen LogP contribution in [0.4, 0.5) is 8.78 Å². The number of H-pyrrole nitrogens is 2. The SMILES string of the molecule is CN1CCC(c2c[nH]c3cc(F)c(F)cc23)CC1.Cc1cc(Cl)c2[nH]cc(C3CCN(C)CC3)c2c1.O=C(O)c1ccccc1. The molecule has 3 aromatic carbocycles. The highest BCUT2D eigenvalue weighted by atomic mass is 35.5. The zero-order valence-corrected chi connectivity index (χ0v) is 26.8. The summed E-state index contributed by atoms with van der Waals surface area (Å²) in [5, 5.41) is 11.4. The third-order valence-electron chi connectivity index (χ3n) is 9.01. The molecule has 0 spiro atoms. The van der Waals surface area contributed by atoms with Crippen molar-refractivity contribution in [2.75, 3.05) is 40.3 Å². The number of carboxylic acids is 1.